The van der Waals surface area contributed by atoms with Crippen molar-refractivity contribution < 1.29 is 19.1 Å². The highest BCUT2D eigenvalue weighted by Gasteiger charge is 2.33. The molecule has 2 aliphatic rings. The Bertz CT molecular complexity index is 927. The average Bonchev–Trinajstić information content (AvgIpc) is 3.42. The van der Waals surface area contributed by atoms with Crippen molar-refractivity contribution in [1.29, 1.82) is 0 Å². The second-order valence-electron chi connectivity index (χ2n) is 7.46. The molecule has 0 N–H and O–H groups in total. The van der Waals surface area contributed by atoms with E-state index in [2.05, 4.69) is 0 Å². The number of likely N-dealkylation sites (tertiary alicyclic amines) is 1. The van der Waals surface area contributed by atoms with E-state index in [1.165, 1.54) is 0 Å². The minimum Gasteiger partial charge on any atom is -0.497 e. The van der Waals surface area contributed by atoms with Crippen LogP contribution in [0.15, 0.2) is 42.5 Å². The van der Waals surface area contributed by atoms with Crippen LogP contribution in [-0.4, -0.2) is 44.0 Å². The quantitative estimate of drug-likeness (QED) is 0.774. The summed E-state index contributed by atoms with van der Waals surface area (Å²) < 4.78 is 10.9. The van der Waals surface area contributed by atoms with Gasteiger partial charge in [-0.05, 0) is 55.7 Å². The highest BCUT2D eigenvalue weighted by Crippen LogP contribution is 2.39. The smallest absolute Gasteiger partial charge is 0.254 e. The fraction of sp³-hybridized carbons (Fsp3) is 0.391. The summed E-state index contributed by atoms with van der Waals surface area (Å²) in [5.41, 5.74) is 2.37. The number of anilines is 1. The number of methoxy groups -OCH3 is 2. The third-order valence-electron chi connectivity index (χ3n) is 5.79. The van der Waals surface area contributed by atoms with Crippen molar-refractivity contribution in [2.45, 2.75) is 31.7 Å². The predicted molar refractivity (Wildman–Crippen MR) is 111 cm³/mol. The summed E-state index contributed by atoms with van der Waals surface area (Å²) in [7, 11) is 3.28. The molecule has 2 saturated heterocycles. The number of hydrogen-bond acceptors (Lipinski definition) is 4. The minimum absolute atomic E-state index is 0.0223. The number of nitrogens with zero attached hydrogens (tertiary/aromatic N) is 2. The van der Waals surface area contributed by atoms with E-state index in [9.17, 15) is 9.59 Å². The zero-order valence-corrected chi connectivity index (χ0v) is 16.9. The van der Waals surface area contributed by atoms with Gasteiger partial charge in [0.15, 0.2) is 0 Å². The lowest BCUT2D eigenvalue weighted by Gasteiger charge is -2.27. The van der Waals surface area contributed by atoms with Gasteiger partial charge < -0.3 is 19.3 Å². The minimum atomic E-state index is -0.0652. The van der Waals surface area contributed by atoms with Gasteiger partial charge in [-0.3, -0.25) is 9.59 Å². The summed E-state index contributed by atoms with van der Waals surface area (Å²) in [4.78, 5) is 29.1. The van der Waals surface area contributed by atoms with Crippen LogP contribution in [0.5, 0.6) is 11.5 Å². The summed E-state index contributed by atoms with van der Waals surface area (Å²) in [5, 5.41) is 0. The van der Waals surface area contributed by atoms with E-state index in [4.69, 9.17) is 9.47 Å². The number of amides is 2. The first-order valence-corrected chi connectivity index (χ1v) is 10.1. The summed E-state index contributed by atoms with van der Waals surface area (Å²) in [6, 6.07) is 13.0. The Hall–Kier alpha value is -3.02. The number of rotatable bonds is 5. The van der Waals surface area contributed by atoms with Crippen LogP contribution in [0.4, 0.5) is 5.69 Å². The van der Waals surface area contributed by atoms with Crippen LogP contribution in [0.2, 0.25) is 0 Å². The fourth-order valence-electron chi connectivity index (χ4n) is 4.33. The molecule has 1 atom stereocenters. The van der Waals surface area contributed by atoms with Gasteiger partial charge in [0.25, 0.3) is 5.91 Å². The van der Waals surface area contributed by atoms with Gasteiger partial charge >= 0.3 is 0 Å². The maximum Gasteiger partial charge on any atom is 0.254 e. The molecule has 2 aliphatic heterocycles. The van der Waals surface area contributed by atoms with Crippen LogP contribution in [0.1, 0.15) is 47.6 Å². The molecule has 0 aromatic heterocycles. The van der Waals surface area contributed by atoms with E-state index in [-0.39, 0.29) is 17.9 Å². The summed E-state index contributed by atoms with van der Waals surface area (Å²) in [5.74, 6) is 1.60. The molecule has 29 heavy (non-hydrogen) atoms. The third-order valence-corrected chi connectivity index (χ3v) is 5.79. The van der Waals surface area contributed by atoms with Gasteiger partial charge in [0.2, 0.25) is 5.91 Å². The van der Waals surface area contributed by atoms with E-state index in [0.29, 0.717) is 25.1 Å². The number of carbonyl (C=O) groups is 2. The van der Waals surface area contributed by atoms with Crippen LogP contribution in [-0.2, 0) is 4.79 Å². The van der Waals surface area contributed by atoms with E-state index < -0.39 is 0 Å². The lowest BCUT2D eigenvalue weighted by Crippen LogP contribution is -2.31. The van der Waals surface area contributed by atoms with Crippen LogP contribution < -0.4 is 14.4 Å². The maximum atomic E-state index is 13.4. The Balaban J connectivity index is 1.63. The summed E-state index contributed by atoms with van der Waals surface area (Å²) >= 11 is 0. The standard InChI is InChI=1S/C23H26N2O4/c1-28-18-10-11-21(29-2)19(15-18)20-8-4-13-25(20)23(27)16-6-3-7-17(14-16)24-12-5-9-22(24)26/h3,6-7,10-11,14-15,20H,4-5,8-9,12-13H2,1-2H3. The van der Waals surface area contributed by atoms with Gasteiger partial charge in [0.1, 0.15) is 11.5 Å². The van der Waals surface area contributed by atoms with E-state index in [0.717, 1.165) is 42.0 Å². The number of hydrogen-bond donors (Lipinski definition) is 0. The molecule has 0 radical (unpaired) electrons. The van der Waals surface area contributed by atoms with Crippen LogP contribution in [0, 0.1) is 0 Å². The fourth-order valence-corrected chi connectivity index (χ4v) is 4.33. The van der Waals surface area contributed by atoms with Crippen LogP contribution in [0.3, 0.4) is 0 Å². The molecule has 0 bridgehead atoms. The molecule has 2 aromatic rings. The van der Waals surface area contributed by atoms with Crippen LogP contribution in [0.25, 0.3) is 0 Å². The van der Waals surface area contributed by atoms with E-state index in [1.807, 2.05) is 47.4 Å². The lowest BCUT2D eigenvalue weighted by molar-refractivity contribution is -0.117. The predicted octanol–water partition coefficient (Wildman–Crippen LogP) is 3.81. The van der Waals surface area contributed by atoms with E-state index >= 15 is 0 Å². The van der Waals surface area contributed by atoms with E-state index in [1.54, 1.807) is 19.1 Å². The molecule has 2 aromatic carbocycles. The number of carbonyl (C=O) groups excluding carboxylic acids is 2. The van der Waals surface area contributed by atoms with Crippen molar-refractivity contribution in [3.05, 3.63) is 53.6 Å². The largest absolute Gasteiger partial charge is 0.497 e. The molecular formula is C23H26N2O4. The highest BCUT2D eigenvalue weighted by atomic mass is 16.5. The van der Waals surface area contributed by atoms with Crippen molar-refractivity contribution in [2.75, 3.05) is 32.2 Å². The first-order valence-electron chi connectivity index (χ1n) is 10.1. The van der Waals surface area contributed by atoms with Crippen LogP contribution >= 0.6 is 0 Å². The number of benzene rings is 2. The Morgan fingerprint density at radius 1 is 1.03 bits per heavy atom. The molecule has 4 rings (SSSR count). The van der Waals surface area contributed by atoms with Gasteiger partial charge in [0, 0.05) is 36.3 Å². The zero-order valence-electron chi connectivity index (χ0n) is 16.9. The number of ether oxygens (including phenoxy) is 2. The first-order chi connectivity index (χ1) is 14.1. The van der Waals surface area contributed by atoms with Crippen molar-refractivity contribution in [2.24, 2.45) is 0 Å². The molecule has 152 valence electrons. The second-order valence-corrected chi connectivity index (χ2v) is 7.46. The molecule has 0 saturated carbocycles. The molecule has 0 aliphatic carbocycles. The summed E-state index contributed by atoms with van der Waals surface area (Å²) in [6.45, 7) is 1.40. The Kier molecular flexibility index (Phi) is 5.43. The zero-order chi connectivity index (χ0) is 20.4. The normalized spacial score (nSPS) is 19.0. The molecule has 2 amide bonds. The van der Waals surface area contributed by atoms with Gasteiger partial charge in [-0.15, -0.1) is 0 Å². The first kappa shape index (κ1) is 19.3. The Morgan fingerprint density at radius 3 is 2.62 bits per heavy atom. The SMILES string of the molecule is COc1ccc(OC)c(C2CCCN2C(=O)c2cccc(N3CCCC3=O)c2)c1. The molecule has 1 unspecified atom stereocenters. The van der Waals surface area contributed by atoms with Gasteiger partial charge in [-0.1, -0.05) is 6.07 Å². The van der Waals surface area contributed by atoms with Crippen molar-refractivity contribution in [3.8, 4) is 11.5 Å². The van der Waals surface area contributed by atoms with Crippen molar-refractivity contribution >= 4 is 17.5 Å². The highest BCUT2D eigenvalue weighted by molar-refractivity contribution is 5.99. The molecule has 6 heteroatoms. The molecule has 2 heterocycles. The molecular weight excluding hydrogens is 368 g/mol. The van der Waals surface area contributed by atoms with Gasteiger partial charge in [-0.2, -0.15) is 0 Å². The molecule has 6 nitrogen and oxygen atoms in total. The monoisotopic (exact) mass is 394 g/mol. The Morgan fingerprint density at radius 2 is 1.90 bits per heavy atom. The molecule has 2 fully saturated rings. The Labute approximate surface area is 171 Å². The second kappa shape index (κ2) is 8.15. The lowest BCUT2D eigenvalue weighted by atomic mass is 10.0. The van der Waals surface area contributed by atoms with Crippen molar-refractivity contribution in [1.82, 2.24) is 4.90 Å². The third kappa shape index (κ3) is 3.67. The maximum absolute atomic E-state index is 13.4. The average molecular weight is 394 g/mol. The molecule has 0 spiro atoms. The topological polar surface area (TPSA) is 59.1 Å². The van der Waals surface area contributed by atoms with Crippen molar-refractivity contribution in [3.63, 3.8) is 0 Å². The summed E-state index contributed by atoms with van der Waals surface area (Å²) in [6.07, 6.45) is 3.24. The van der Waals surface area contributed by atoms with Gasteiger partial charge in [-0.25, -0.2) is 0 Å². The van der Waals surface area contributed by atoms with Gasteiger partial charge in [0.05, 0.1) is 20.3 Å².